The maximum Gasteiger partial charge on any atom is 0.234 e. The fraction of sp³-hybridized carbons (Fsp3) is 0. The molecule has 0 heterocycles. The molecule has 0 atom stereocenters. The van der Waals surface area contributed by atoms with Crippen LogP contribution in [0, 0.1) is 10.8 Å². The third-order valence-corrected chi connectivity index (χ3v) is 3.16. The molecule has 0 amide bonds. The van der Waals surface area contributed by atoms with Crippen molar-refractivity contribution < 1.29 is 0 Å². The molecule has 26 heavy (non-hydrogen) atoms. The first-order valence-corrected chi connectivity index (χ1v) is 7.50. The Bertz CT molecular complexity index is 897. The van der Waals surface area contributed by atoms with Crippen LogP contribution >= 0.6 is 0 Å². The lowest BCUT2D eigenvalue weighted by Crippen LogP contribution is -2.26. The van der Waals surface area contributed by atoms with Gasteiger partial charge in [-0.2, -0.15) is 10.2 Å². The predicted molar refractivity (Wildman–Crippen MR) is 105 cm³/mol. The molecular formula is C17H19N9. The van der Waals surface area contributed by atoms with Crippen LogP contribution in [0.3, 0.4) is 0 Å². The lowest BCUT2D eigenvalue weighted by Gasteiger charge is -2.00. The number of nitrogens with two attached hydrogens (primary N) is 3. The van der Waals surface area contributed by atoms with Gasteiger partial charge in [0.25, 0.3) is 0 Å². The fourth-order valence-corrected chi connectivity index (χ4v) is 1.93. The number of hydrogen-bond acceptors (Lipinski definition) is 5. The molecule has 9 heteroatoms. The van der Waals surface area contributed by atoms with Gasteiger partial charge in [0.05, 0.1) is 12.4 Å². The van der Waals surface area contributed by atoms with Crippen LogP contribution in [0.2, 0.25) is 0 Å². The summed E-state index contributed by atoms with van der Waals surface area (Å²) in [7, 11) is 0. The highest BCUT2D eigenvalue weighted by Gasteiger charge is 1.97. The van der Waals surface area contributed by atoms with Crippen molar-refractivity contribution in [3.63, 3.8) is 0 Å². The number of nitrogens with zero attached hydrogens (tertiary/aromatic N) is 3. The first-order chi connectivity index (χ1) is 12.5. The summed E-state index contributed by atoms with van der Waals surface area (Å²) in [6.45, 7) is 0. The molecule has 0 radical (unpaired) electrons. The Morgan fingerprint density at radius 2 is 1.38 bits per heavy atom. The van der Waals surface area contributed by atoms with E-state index in [-0.39, 0.29) is 17.6 Å². The van der Waals surface area contributed by atoms with Gasteiger partial charge < -0.3 is 17.2 Å². The SMILES string of the molecule is N=C(N)c1cccc(/C=N\N=C(N)N/N=C\c2cccc(C(=N)N)c2)c1. The van der Waals surface area contributed by atoms with E-state index >= 15 is 0 Å². The summed E-state index contributed by atoms with van der Waals surface area (Å²) >= 11 is 0. The maximum atomic E-state index is 7.40. The third kappa shape index (κ3) is 5.57. The van der Waals surface area contributed by atoms with Gasteiger partial charge in [0, 0.05) is 11.1 Å². The summed E-state index contributed by atoms with van der Waals surface area (Å²) in [5.41, 5.74) is 21.8. The molecule has 2 rings (SSSR count). The molecule has 0 saturated heterocycles. The zero-order valence-corrected chi connectivity index (χ0v) is 13.8. The van der Waals surface area contributed by atoms with Gasteiger partial charge in [-0.15, -0.1) is 5.10 Å². The van der Waals surface area contributed by atoms with Gasteiger partial charge in [0.1, 0.15) is 11.7 Å². The van der Waals surface area contributed by atoms with Gasteiger partial charge in [-0.25, -0.2) is 5.43 Å². The second-order valence-electron chi connectivity index (χ2n) is 5.18. The van der Waals surface area contributed by atoms with Crippen LogP contribution in [0.25, 0.3) is 0 Å². The minimum Gasteiger partial charge on any atom is -0.384 e. The highest BCUT2D eigenvalue weighted by atomic mass is 15.4. The van der Waals surface area contributed by atoms with E-state index < -0.39 is 0 Å². The molecule has 0 fully saturated rings. The average molecular weight is 349 g/mol. The molecule has 0 spiro atoms. The molecule has 9 N–H and O–H groups in total. The van der Waals surface area contributed by atoms with Crippen molar-refractivity contribution in [3.05, 3.63) is 70.8 Å². The number of hydrogen-bond donors (Lipinski definition) is 6. The maximum absolute atomic E-state index is 7.40. The molecule has 0 aromatic heterocycles. The number of hydrazone groups is 1. The minimum atomic E-state index is -0.0203. The van der Waals surface area contributed by atoms with Crippen LogP contribution in [0.5, 0.6) is 0 Å². The zero-order valence-electron chi connectivity index (χ0n) is 13.8. The van der Waals surface area contributed by atoms with E-state index in [9.17, 15) is 0 Å². The Labute approximate surface area is 150 Å². The number of rotatable bonds is 6. The number of nitrogens with one attached hydrogen (secondary N) is 3. The molecule has 0 unspecified atom stereocenters. The van der Waals surface area contributed by atoms with E-state index in [0.29, 0.717) is 11.1 Å². The Morgan fingerprint density at radius 3 is 1.92 bits per heavy atom. The molecule has 2 aromatic carbocycles. The van der Waals surface area contributed by atoms with E-state index in [0.717, 1.165) is 11.1 Å². The molecule has 2 aromatic rings. The zero-order chi connectivity index (χ0) is 18.9. The minimum absolute atomic E-state index is 0.00273. The highest BCUT2D eigenvalue weighted by molar-refractivity contribution is 5.97. The fourth-order valence-electron chi connectivity index (χ4n) is 1.93. The first-order valence-electron chi connectivity index (χ1n) is 7.50. The van der Waals surface area contributed by atoms with Gasteiger partial charge in [-0.1, -0.05) is 36.4 Å². The molecular weight excluding hydrogens is 330 g/mol. The molecule has 9 nitrogen and oxygen atoms in total. The highest BCUT2D eigenvalue weighted by Crippen LogP contribution is 2.03. The van der Waals surface area contributed by atoms with Crippen molar-refractivity contribution in [1.29, 1.82) is 10.8 Å². The number of nitrogen functional groups attached to an aromatic ring is 2. The van der Waals surface area contributed by atoms with Gasteiger partial charge in [-0.3, -0.25) is 10.8 Å². The molecule has 0 aliphatic heterocycles. The molecule has 0 aliphatic carbocycles. The second kappa shape index (κ2) is 8.73. The van der Waals surface area contributed by atoms with Crippen LogP contribution in [0.4, 0.5) is 0 Å². The van der Waals surface area contributed by atoms with E-state index in [1.807, 2.05) is 6.07 Å². The van der Waals surface area contributed by atoms with Crippen molar-refractivity contribution in [2.75, 3.05) is 0 Å². The van der Waals surface area contributed by atoms with Crippen LogP contribution in [-0.2, 0) is 0 Å². The van der Waals surface area contributed by atoms with Crippen molar-refractivity contribution in [3.8, 4) is 0 Å². The van der Waals surface area contributed by atoms with E-state index in [1.54, 1.807) is 42.5 Å². The van der Waals surface area contributed by atoms with E-state index in [1.165, 1.54) is 12.4 Å². The van der Waals surface area contributed by atoms with Crippen LogP contribution in [-0.4, -0.2) is 30.1 Å². The Balaban J connectivity index is 1.96. The van der Waals surface area contributed by atoms with Crippen molar-refractivity contribution >= 4 is 30.1 Å². The van der Waals surface area contributed by atoms with Crippen molar-refractivity contribution in [1.82, 2.24) is 5.43 Å². The lowest BCUT2D eigenvalue weighted by molar-refractivity contribution is 0.994. The number of benzene rings is 2. The van der Waals surface area contributed by atoms with Crippen molar-refractivity contribution in [2.45, 2.75) is 0 Å². The third-order valence-electron chi connectivity index (χ3n) is 3.16. The summed E-state index contributed by atoms with van der Waals surface area (Å²) in [4.78, 5) is 0. The summed E-state index contributed by atoms with van der Waals surface area (Å²) in [5.74, 6) is -0.0338. The Kier molecular flexibility index (Phi) is 6.16. The van der Waals surface area contributed by atoms with Crippen LogP contribution < -0.4 is 22.6 Å². The summed E-state index contributed by atoms with van der Waals surface area (Å²) < 4.78 is 0. The largest absolute Gasteiger partial charge is 0.384 e. The normalized spacial score (nSPS) is 11.8. The Hall–Kier alpha value is -4.01. The molecule has 0 saturated carbocycles. The smallest absolute Gasteiger partial charge is 0.234 e. The van der Waals surface area contributed by atoms with Gasteiger partial charge in [0.15, 0.2) is 0 Å². The van der Waals surface area contributed by atoms with E-state index in [4.69, 9.17) is 28.0 Å². The Morgan fingerprint density at radius 1 is 0.846 bits per heavy atom. The topological polar surface area (TPSA) is 175 Å². The predicted octanol–water partition coefficient (Wildman–Crippen LogP) is 0.527. The number of guanidine groups is 1. The summed E-state index contributed by atoms with van der Waals surface area (Å²) in [5, 5.41) is 26.4. The first kappa shape index (κ1) is 18.3. The average Bonchev–Trinajstić information content (AvgIpc) is 2.62. The monoisotopic (exact) mass is 349 g/mol. The van der Waals surface area contributed by atoms with Gasteiger partial charge in [0.2, 0.25) is 5.96 Å². The van der Waals surface area contributed by atoms with Crippen LogP contribution in [0.15, 0.2) is 63.8 Å². The standard InChI is InChI=1S/C17H19N9/c18-15(19)13-5-1-3-11(7-13)9-23-25-17(22)26-24-10-12-4-2-6-14(8-12)16(20)21/h1-10H,(H3,18,19)(H3,20,21)(H3,22,25,26)/b23-9-,24-10-. The quantitative estimate of drug-likeness (QED) is 0.253. The molecule has 0 aliphatic rings. The van der Waals surface area contributed by atoms with Crippen LogP contribution in [0.1, 0.15) is 22.3 Å². The molecule has 0 bridgehead atoms. The molecule has 132 valence electrons. The summed E-state index contributed by atoms with van der Waals surface area (Å²) in [6, 6.07) is 14.1. The summed E-state index contributed by atoms with van der Waals surface area (Å²) in [6.07, 6.45) is 3.01. The second-order valence-corrected chi connectivity index (χ2v) is 5.18. The van der Waals surface area contributed by atoms with Gasteiger partial charge >= 0.3 is 0 Å². The van der Waals surface area contributed by atoms with E-state index in [2.05, 4.69) is 20.7 Å². The van der Waals surface area contributed by atoms with Crippen molar-refractivity contribution in [2.24, 2.45) is 32.5 Å². The number of amidine groups is 2. The lowest BCUT2D eigenvalue weighted by atomic mass is 10.1. The van der Waals surface area contributed by atoms with Gasteiger partial charge in [-0.05, 0) is 23.3 Å².